The van der Waals surface area contributed by atoms with Crippen LogP contribution in [0.1, 0.15) is 26.3 Å². The van der Waals surface area contributed by atoms with Crippen LogP contribution in [0.2, 0.25) is 0 Å². The molecule has 0 saturated carbocycles. The highest BCUT2D eigenvalue weighted by molar-refractivity contribution is 5.85. The van der Waals surface area contributed by atoms with Crippen LogP contribution in [0.3, 0.4) is 0 Å². The SMILES string of the molecule is CC.CCc1c(N)cnc2ccccc12. The molecule has 0 aliphatic rings. The number of hydrogen-bond acceptors (Lipinski definition) is 2. The Bertz CT molecular complexity index is 435. The van der Waals surface area contributed by atoms with Crippen LogP contribution in [0.4, 0.5) is 5.69 Å². The molecule has 1 aromatic carbocycles. The second-order valence-electron chi connectivity index (χ2n) is 3.06. The third-order valence-corrected chi connectivity index (χ3v) is 2.27. The van der Waals surface area contributed by atoms with Crippen LogP contribution < -0.4 is 5.73 Å². The average Bonchev–Trinajstić information content (AvgIpc) is 2.32. The summed E-state index contributed by atoms with van der Waals surface area (Å²) in [6.07, 6.45) is 2.69. The van der Waals surface area contributed by atoms with Crippen molar-refractivity contribution < 1.29 is 0 Å². The molecule has 2 rings (SSSR count). The molecule has 0 atom stereocenters. The maximum atomic E-state index is 5.83. The van der Waals surface area contributed by atoms with Crippen LogP contribution in [0.5, 0.6) is 0 Å². The molecule has 0 unspecified atom stereocenters. The third-order valence-electron chi connectivity index (χ3n) is 2.27. The van der Waals surface area contributed by atoms with Crippen LogP contribution in [0.15, 0.2) is 30.5 Å². The Balaban J connectivity index is 0.000000531. The fourth-order valence-electron chi connectivity index (χ4n) is 1.61. The largest absolute Gasteiger partial charge is 0.397 e. The summed E-state index contributed by atoms with van der Waals surface area (Å²) in [6.45, 7) is 6.11. The molecule has 0 fully saturated rings. The molecule has 1 aromatic heterocycles. The zero-order valence-electron chi connectivity index (χ0n) is 9.62. The van der Waals surface area contributed by atoms with Crippen molar-refractivity contribution in [3.05, 3.63) is 36.0 Å². The van der Waals surface area contributed by atoms with Gasteiger partial charge in [0.15, 0.2) is 0 Å². The van der Waals surface area contributed by atoms with Gasteiger partial charge in [0.1, 0.15) is 0 Å². The van der Waals surface area contributed by atoms with Gasteiger partial charge in [-0.25, -0.2) is 0 Å². The number of para-hydroxylation sites is 1. The van der Waals surface area contributed by atoms with Gasteiger partial charge in [-0.2, -0.15) is 0 Å². The molecule has 80 valence electrons. The van der Waals surface area contributed by atoms with Gasteiger partial charge in [-0.15, -0.1) is 0 Å². The van der Waals surface area contributed by atoms with Crippen molar-refractivity contribution in [2.24, 2.45) is 0 Å². The van der Waals surface area contributed by atoms with E-state index >= 15 is 0 Å². The van der Waals surface area contributed by atoms with E-state index in [1.165, 1.54) is 10.9 Å². The van der Waals surface area contributed by atoms with Gasteiger partial charge in [-0.1, -0.05) is 39.0 Å². The van der Waals surface area contributed by atoms with Crippen LogP contribution in [0.25, 0.3) is 10.9 Å². The quantitative estimate of drug-likeness (QED) is 0.769. The number of anilines is 1. The Labute approximate surface area is 91.1 Å². The Morgan fingerprint density at radius 2 is 1.87 bits per heavy atom. The molecule has 15 heavy (non-hydrogen) atoms. The topological polar surface area (TPSA) is 38.9 Å². The molecular formula is C13H18N2. The molecule has 0 bridgehead atoms. The van der Waals surface area contributed by atoms with E-state index in [1.807, 2.05) is 32.0 Å². The minimum Gasteiger partial charge on any atom is -0.397 e. The second-order valence-corrected chi connectivity index (χ2v) is 3.06. The minimum atomic E-state index is 0.793. The zero-order chi connectivity index (χ0) is 11.3. The minimum absolute atomic E-state index is 0.793. The molecule has 0 aliphatic carbocycles. The number of fused-ring (bicyclic) bond motifs is 1. The van der Waals surface area contributed by atoms with E-state index in [-0.39, 0.29) is 0 Å². The lowest BCUT2D eigenvalue weighted by Crippen LogP contribution is -1.95. The van der Waals surface area contributed by atoms with Gasteiger partial charge in [0.2, 0.25) is 0 Å². The van der Waals surface area contributed by atoms with Crippen molar-refractivity contribution in [2.75, 3.05) is 5.73 Å². The van der Waals surface area contributed by atoms with Crippen LogP contribution in [-0.2, 0) is 6.42 Å². The number of rotatable bonds is 1. The van der Waals surface area contributed by atoms with E-state index in [1.54, 1.807) is 6.20 Å². The third kappa shape index (κ3) is 2.27. The standard InChI is InChI=1S/C11H12N2.C2H6/c1-2-8-9-5-3-4-6-11(9)13-7-10(8)12;1-2/h3-7H,2,12H2,1H3;1-2H3. The molecule has 0 spiro atoms. The predicted molar refractivity (Wildman–Crippen MR) is 66.9 cm³/mol. The number of aryl methyl sites for hydroxylation is 1. The van der Waals surface area contributed by atoms with Gasteiger partial charge in [0, 0.05) is 5.39 Å². The number of aromatic nitrogens is 1. The molecule has 2 aromatic rings. The van der Waals surface area contributed by atoms with Gasteiger partial charge >= 0.3 is 0 Å². The van der Waals surface area contributed by atoms with E-state index in [4.69, 9.17) is 5.73 Å². The smallest absolute Gasteiger partial charge is 0.0706 e. The first kappa shape index (κ1) is 11.5. The first-order valence-electron chi connectivity index (χ1n) is 5.45. The van der Waals surface area contributed by atoms with Crippen LogP contribution >= 0.6 is 0 Å². The van der Waals surface area contributed by atoms with E-state index < -0.39 is 0 Å². The summed E-state index contributed by atoms with van der Waals surface area (Å²) in [6, 6.07) is 8.08. The fraction of sp³-hybridized carbons (Fsp3) is 0.308. The summed E-state index contributed by atoms with van der Waals surface area (Å²) in [7, 11) is 0. The maximum absolute atomic E-state index is 5.83. The van der Waals surface area contributed by atoms with Crippen molar-refractivity contribution in [1.82, 2.24) is 4.98 Å². The van der Waals surface area contributed by atoms with Gasteiger partial charge in [-0.05, 0) is 18.1 Å². The summed E-state index contributed by atoms with van der Waals surface area (Å²) in [5.74, 6) is 0. The van der Waals surface area contributed by atoms with Gasteiger partial charge < -0.3 is 5.73 Å². The molecule has 2 nitrogen and oxygen atoms in total. The summed E-state index contributed by atoms with van der Waals surface area (Å²) in [5.41, 5.74) is 8.85. The molecule has 0 aliphatic heterocycles. The van der Waals surface area contributed by atoms with Crippen LogP contribution in [0, 0.1) is 0 Å². The molecule has 2 N–H and O–H groups in total. The van der Waals surface area contributed by atoms with Crippen molar-refractivity contribution >= 4 is 16.6 Å². The van der Waals surface area contributed by atoms with Crippen molar-refractivity contribution in [2.45, 2.75) is 27.2 Å². The number of nitrogens with two attached hydrogens (primary N) is 1. The van der Waals surface area contributed by atoms with E-state index in [0.717, 1.165) is 17.6 Å². The predicted octanol–water partition coefficient (Wildman–Crippen LogP) is 3.41. The molecule has 0 amide bonds. The number of benzene rings is 1. The first-order chi connectivity index (χ1) is 7.33. The Hall–Kier alpha value is -1.57. The summed E-state index contributed by atoms with van der Waals surface area (Å²) < 4.78 is 0. The summed E-state index contributed by atoms with van der Waals surface area (Å²) in [5, 5.41) is 1.17. The summed E-state index contributed by atoms with van der Waals surface area (Å²) >= 11 is 0. The molecular weight excluding hydrogens is 184 g/mol. The lowest BCUT2D eigenvalue weighted by molar-refractivity contribution is 1.15. The average molecular weight is 202 g/mol. The molecule has 0 saturated heterocycles. The second kappa shape index (κ2) is 5.35. The Kier molecular flexibility index (Phi) is 4.10. The molecule has 0 radical (unpaired) electrons. The maximum Gasteiger partial charge on any atom is 0.0706 e. The summed E-state index contributed by atoms with van der Waals surface area (Å²) in [4.78, 5) is 4.26. The first-order valence-corrected chi connectivity index (χ1v) is 5.45. The van der Waals surface area contributed by atoms with E-state index in [0.29, 0.717) is 0 Å². The monoisotopic (exact) mass is 202 g/mol. The molecule has 1 heterocycles. The highest BCUT2D eigenvalue weighted by Gasteiger charge is 2.02. The Morgan fingerprint density at radius 1 is 1.20 bits per heavy atom. The molecule has 2 heteroatoms. The normalized spacial score (nSPS) is 9.53. The number of nitrogen functional groups attached to an aromatic ring is 1. The lowest BCUT2D eigenvalue weighted by Gasteiger charge is -2.06. The zero-order valence-corrected chi connectivity index (χ0v) is 9.62. The van der Waals surface area contributed by atoms with Gasteiger partial charge in [-0.3, -0.25) is 4.98 Å². The number of hydrogen-bond donors (Lipinski definition) is 1. The van der Waals surface area contributed by atoms with E-state index in [9.17, 15) is 0 Å². The van der Waals surface area contributed by atoms with E-state index in [2.05, 4.69) is 18.0 Å². The Morgan fingerprint density at radius 3 is 2.53 bits per heavy atom. The fourth-order valence-corrected chi connectivity index (χ4v) is 1.61. The number of pyridine rings is 1. The highest BCUT2D eigenvalue weighted by Crippen LogP contribution is 2.21. The lowest BCUT2D eigenvalue weighted by atomic mass is 10.1. The van der Waals surface area contributed by atoms with Gasteiger partial charge in [0.05, 0.1) is 17.4 Å². The van der Waals surface area contributed by atoms with Gasteiger partial charge in [0.25, 0.3) is 0 Å². The van der Waals surface area contributed by atoms with Crippen LogP contribution in [-0.4, -0.2) is 4.98 Å². The number of nitrogens with zero attached hydrogens (tertiary/aromatic N) is 1. The highest BCUT2D eigenvalue weighted by atomic mass is 14.7. The van der Waals surface area contributed by atoms with Crippen molar-refractivity contribution in [1.29, 1.82) is 0 Å². The van der Waals surface area contributed by atoms with Crippen molar-refractivity contribution in [3.63, 3.8) is 0 Å². The van der Waals surface area contributed by atoms with Crippen molar-refractivity contribution in [3.8, 4) is 0 Å².